The number of hydrogen-bond acceptors (Lipinski definition) is 5. The molecule has 1 aromatic carbocycles. The van der Waals surface area contributed by atoms with Gasteiger partial charge in [0.25, 0.3) is 5.91 Å². The van der Waals surface area contributed by atoms with E-state index >= 15 is 0 Å². The number of carbonyl (C=O) groups is 1. The highest BCUT2D eigenvalue weighted by Crippen LogP contribution is 2.27. The summed E-state index contributed by atoms with van der Waals surface area (Å²) in [6.07, 6.45) is 4.61. The number of benzene rings is 1. The van der Waals surface area contributed by atoms with Crippen molar-refractivity contribution in [2.45, 2.75) is 6.92 Å². The summed E-state index contributed by atoms with van der Waals surface area (Å²) < 4.78 is 10.7. The van der Waals surface area contributed by atoms with E-state index in [0.717, 1.165) is 5.56 Å². The smallest absolute Gasteiger partial charge is 0.272 e. The van der Waals surface area contributed by atoms with Gasteiger partial charge in [0.15, 0.2) is 11.5 Å². The summed E-state index contributed by atoms with van der Waals surface area (Å²) in [5.41, 5.74) is 3.68. The minimum Gasteiger partial charge on any atom is -0.493 e. The lowest BCUT2D eigenvalue weighted by atomic mass is 10.2. The van der Waals surface area contributed by atoms with E-state index in [2.05, 4.69) is 15.5 Å². The maximum atomic E-state index is 11.8. The third kappa shape index (κ3) is 4.05. The lowest BCUT2D eigenvalue weighted by molar-refractivity contribution is 0.0955. The summed E-state index contributed by atoms with van der Waals surface area (Å²) in [5, 5.41) is 3.92. The number of nitrogens with one attached hydrogen (secondary N) is 1. The molecule has 1 aromatic heterocycles. The Morgan fingerprint density at radius 1 is 1.36 bits per heavy atom. The molecule has 22 heavy (non-hydrogen) atoms. The molecule has 0 aliphatic rings. The van der Waals surface area contributed by atoms with Crippen LogP contribution in [-0.2, 0) is 0 Å². The molecule has 0 fully saturated rings. The number of methoxy groups -OCH3 is 1. The van der Waals surface area contributed by atoms with Crippen LogP contribution < -0.4 is 14.9 Å². The molecule has 2 rings (SSSR count). The maximum Gasteiger partial charge on any atom is 0.272 e. The van der Waals surface area contributed by atoms with Crippen LogP contribution in [0.25, 0.3) is 0 Å². The number of rotatable bonds is 6. The van der Waals surface area contributed by atoms with Crippen molar-refractivity contribution < 1.29 is 14.3 Å². The second kappa shape index (κ2) is 7.78. The van der Waals surface area contributed by atoms with Crippen LogP contribution in [0.5, 0.6) is 11.5 Å². The van der Waals surface area contributed by atoms with Gasteiger partial charge < -0.3 is 9.47 Å². The van der Waals surface area contributed by atoms with E-state index in [0.29, 0.717) is 23.7 Å². The zero-order chi connectivity index (χ0) is 15.8. The van der Waals surface area contributed by atoms with E-state index in [1.54, 1.807) is 37.6 Å². The molecule has 1 amide bonds. The molecule has 0 bridgehead atoms. The van der Waals surface area contributed by atoms with E-state index < -0.39 is 0 Å². The molecule has 0 atom stereocenters. The van der Waals surface area contributed by atoms with Gasteiger partial charge in [-0.15, -0.1) is 0 Å². The fourth-order valence-corrected chi connectivity index (χ4v) is 1.77. The molecule has 0 unspecified atom stereocenters. The largest absolute Gasteiger partial charge is 0.493 e. The summed E-state index contributed by atoms with van der Waals surface area (Å²) in [6.45, 7) is 2.47. The Morgan fingerprint density at radius 3 is 2.91 bits per heavy atom. The molecule has 0 saturated carbocycles. The molecule has 0 aliphatic heterocycles. The summed E-state index contributed by atoms with van der Waals surface area (Å²) >= 11 is 0. The van der Waals surface area contributed by atoms with Gasteiger partial charge in [-0.05, 0) is 42.8 Å². The van der Waals surface area contributed by atoms with Crippen LogP contribution in [0, 0.1) is 0 Å². The standard InChI is InChI=1S/C16H17N3O3/c1-3-22-14-7-6-12(9-15(14)21-2)10-18-19-16(20)13-5-4-8-17-11-13/h4-11H,3H2,1-2H3,(H,19,20). The minimum atomic E-state index is -0.317. The van der Waals surface area contributed by atoms with Gasteiger partial charge in [0, 0.05) is 12.4 Å². The van der Waals surface area contributed by atoms with Crippen molar-refractivity contribution in [3.05, 3.63) is 53.9 Å². The van der Waals surface area contributed by atoms with Gasteiger partial charge in [-0.3, -0.25) is 9.78 Å². The summed E-state index contributed by atoms with van der Waals surface area (Å²) in [5.74, 6) is 0.966. The third-order valence-corrected chi connectivity index (χ3v) is 2.79. The SMILES string of the molecule is CCOc1ccc(C=NNC(=O)c2cccnc2)cc1OC. The van der Waals surface area contributed by atoms with Crippen LogP contribution in [0.2, 0.25) is 0 Å². The average Bonchev–Trinajstić information content (AvgIpc) is 2.57. The van der Waals surface area contributed by atoms with Gasteiger partial charge in [0.1, 0.15) is 0 Å². The predicted octanol–water partition coefficient (Wildman–Crippen LogP) is 2.25. The van der Waals surface area contributed by atoms with Gasteiger partial charge in [0.05, 0.1) is 25.5 Å². The molecule has 6 nitrogen and oxygen atoms in total. The molecule has 6 heteroatoms. The Bertz CT molecular complexity index is 657. The first-order valence-electron chi connectivity index (χ1n) is 6.79. The van der Waals surface area contributed by atoms with Crippen LogP contribution in [-0.4, -0.2) is 30.8 Å². The first-order chi connectivity index (χ1) is 10.7. The van der Waals surface area contributed by atoms with Gasteiger partial charge in [-0.25, -0.2) is 5.43 Å². The van der Waals surface area contributed by atoms with Gasteiger partial charge >= 0.3 is 0 Å². The molecular formula is C16H17N3O3. The Morgan fingerprint density at radius 2 is 2.23 bits per heavy atom. The maximum absolute atomic E-state index is 11.8. The highest BCUT2D eigenvalue weighted by Gasteiger charge is 2.05. The van der Waals surface area contributed by atoms with E-state index in [9.17, 15) is 4.79 Å². The Hall–Kier alpha value is -2.89. The molecule has 1 N–H and O–H groups in total. The summed E-state index contributed by atoms with van der Waals surface area (Å²) in [7, 11) is 1.57. The predicted molar refractivity (Wildman–Crippen MR) is 83.5 cm³/mol. The van der Waals surface area contributed by atoms with E-state index in [1.807, 2.05) is 13.0 Å². The van der Waals surface area contributed by atoms with Crippen molar-refractivity contribution in [3.63, 3.8) is 0 Å². The molecule has 114 valence electrons. The number of amides is 1. The van der Waals surface area contributed by atoms with E-state index in [1.165, 1.54) is 12.4 Å². The molecule has 1 heterocycles. The van der Waals surface area contributed by atoms with Gasteiger partial charge in [-0.2, -0.15) is 5.10 Å². The summed E-state index contributed by atoms with van der Waals surface area (Å²) in [4.78, 5) is 15.7. The number of nitrogens with zero attached hydrogens (tertiary/aromatic N) is 2. The van der Waals surface area contributed by atoms with Crippen molar-refractivity contribution in [2.24, 2.45) is 5.10 Å². The second-order valence-corrected chi connectivity index (χ2v) is 4.28. The number of hydrazone groups is 1. The molecule has 2 aromatic rings. The number of carbonyl (C=O) groups excluding carboxylic acids is 1. The van der Waals surface area contributed by atoms with Crippen LogP contribution in [0.15, 0.2) is 47.8 Å². The van der Waals surface area contributed by atoms with E-state index in [4.69, 9.17) is 9.47 Å². The van der Waals surface area contributed by atoms with Gasteiger partial charge in [0.2, 0.25) is 0 Å². The fourth-order valence-electron chi connectivity index (χ4n) is 1.77. The van der Waals surface area contributed by atoms with Crippen LogP contribution in [0.1, 0.15) is 22.8 Å². The van der Waals surface area contributed by atoms with E-state index in [-0.39, 0.29) is 5.91 Å². The lowest BCUT2D eigenvalue weighted by Crippen LogP contribution is -2.17. The molecule has 0 saturated heterocycles. The van der Waals surface area contributed by atoms with Crippen molar-refractivity contribution in [1.29, 1.82) is 0 Å². The third-order valence-electron chi connectivity index (χ3n) is 2.79. The Balaban J connectivity index is 2.02. The summed E-state index contributed by atoms with van der Waals surface area (Å²) in [6, 6.07) is 8.76. The van der Waals surface area contributed by atoms with Crippen LogP contribution >= 0.6 is 0 Å². The average molecular weight is 299 g/mol. The first-order valence-corrected chi connectivity index (χ1v) is 6.79. The zero-order valence-corrected chi connectivity index (χ0v) is 12.4. The first kappa shape index (κ1) is 15.5. The normalized spacial score (nSPS) is 10.5. The highest BCUT2D eigenvalue weighted by molar-refractivity contribution is 5.94. The molecule has 0 radical (unpaired) electrons. The number of hydrogen-bond donors (Lipinski definition) is 1. The quantitative estimate of drug-likeness (QED) is 0.656. The lowest BCUT2D eigenvalue weighted by Gasteiger charge is -2.09. The Kier molecular flexibility index (Phi) is 5.48. The van der Waals surface area contributed by atoms with Crippen LogP contribution in [0.3, 0.4) is 0 Å². The second-order valence-electron chi connectivity index (χ2n) is 4.28. The molecule has 0 spiro atoms. The Labute approximate surface area is 128 Å². The molecule has 0 aliphatic carbocycles. The van der Waals surface area contributed by atoms with Crippen LogP contribution in [0.4, 0.5) is 0 Å². The highest BCUT2D eigenvalue weighted by atomic mass is 16.5. The number of pyridine rings is 1. The number of ether oxygens (including phenoxy) is 2. The zero-order valence-electron chi connectivity index (χ0n) is 12.4. The monoisotopic (exact) mass is 299 g/mol. The van der Waals surface area contributed by atoms with Crippen molar-refractivity contribution in [1.82, 2.24) is 10.4 Å². The van der Waals surface area contributed by atoms with Gasteiger partial charge in [-0.1, -0.05) is 0 Å². The van der Waals surface area contributed by atoms with Crippen molar-refractivity contribution in [2.75, 3.05) is 13.7 Å². The topological polar surface area (TPSA) is 72.8 Å². The number of aromatic nitrogens is 1. The fraction of sp³-hybridized carbons (Fsp3) is 0.188. The molecular weight excluding hydrogens is 282 g/mol. The van der Waals surface area contributed by atoms with Crippen molar-refractivity contribution in [3.8, 4) is 11.5 Å². The minimum absolute atomic E-state index is 0.317. The van der Waals surface area contributed by atoms with Crippen molar-refractivity contribution >= 4 is 12.1 Å².